The number of benzene rings is 1. The third-order valence-corrected chi connectivity index (χ3v) is 3.59. The number of hydrogen-bond donors (Lipinski definition) is 1. The predicted molar refractivity (Wildman–Crippen MR) is 73.9 cm³/mol. The van der Waals surface area contributed by atoms with E-state index in [0.717, 1.165) is 28.6 Å². The first kappa shape index (κ1) is 13.7. The van der Waals surface area contributed by atoms with Gasteiger partial charge in [0.25, 0.3) is 0 Å². The van der Waals surface area contributed by atoms with Crippen molar-refractivity contribution in [3.63, 3.8) is 0 Å². The molecular formula is C14H19BrO3. The predicted octanol–water partition coefficient (Wildman–Crippen LogP) is 4.04. The summed E-state index contributed by atoms with van der Waals surface area (Å²) in [6, 6.07) is 3.77. The second-order valence-electron chi connectivity index (χ2n) is 5.85. The summed E-state index contributed by atoms with van der Waals surface area (Å²) in [6.07, 6.45) is 1.26. The van der Waals surface area contributed by atoms with E-state index in [1.807, 2.05) is 12.1 Å². The van der Waals surface area contributed by atoms with Gasteiger partial charge in [-0.2, -0.15) is 0 Å². The number of rotatable bonds is 3. The number of aliphatic hydroxyl groups is 1. The maximum atomic E-state index is 10.2. The average molecular weight is 315 g/mol. The van der Waals surface area contributed by atoms with Crippen molar-refractivity contribution in [2.75, 3.05) is 6.79 Å². The fraction of sp³-hybridized carbons (Fsp3) is 0.571. The summed E-state index contributed by atoms with van der Waals surface area (Å²) in [7, 11) is 0. The molecule has 1 aromatic rings. The minimum atomic E-state index is -0.463. The molecule has 0 aromatic heterocycles. The highest BCUT2D eigenvalue weighted by Crippen LogP contribution is 2.42. The monoisotopic (exact) mass is 314 g/mol. The Morgan fingerprint density at radius 3 is 2.72 bits per heavy atom. The molecule has 3 nitrogen and oxygen atoms in total. The van der Waals surface area contributed by atoms with E-state index in [2.05, 4.69) is 36.7 Å². The molecule has 0 bridgehead atoms. The lowest BCUT2D eigenvalue weighted by molar-refractivity contribution is 0.147. The topological polar surface area (TPSA) is 38.7 Å². The van der Waals surface area contributed by atoms with E-state index < -0.39 is 6.10 Å². The summed E-state index contributed by atoms with van der Waals surface area (Å²) < 4.78 is 11.5. The molecule has 2 rings (SSSR count). The fourth-order valence-electron chi connectivity index (χ4n) is 1.92. The van der Waals surface area contributed by atoms with Gasteiger partial charge in [0.1, 0.15) is 0 Å². The van der Waals surface area contributed by atoms with Crippen LogP contribution in [0.15, 0.2) is 16.6 Å². The number of ether oxygens (including phenoxy) is 2. The highest BCUT2D eigenvalue weighted by Gasteiger charge is 2.21. The van der Waals surface area contributed by atoms with Gasteiger partial charge in [-0.3, -0.25) is 0 Å². The molecule has 0 spiro atoms. The zero-order valence-electron chi connectivity index (χ0n) is 11.0. The van der Waals surface area contributed by atoms with Crippen LogP contribution in [0.4, 0.5) is 0 Å². The molecule has 0 amide bonds. The van der Waals surface area contributed by atoms with Crippen LogP contribution < -0.4 is 9.47 Å². The first-order valence-corrected chi connectivity index (χ1v) is 6.93. The molecule has 0 saturated carbocycles. The van der Waals surface area contributed by atoms with Crippen molar-refractivity contribution in [3.8, 4) is 11.5 Å². The molecule has 0 fully saturated rings. The van der Waals surface area contributed by atoms with Gasteiger partial charge in [0, 0.05) is 0 Å². The lowest BCUT2D eigenvalue weighted by Gasteiger charge is -2.20. The molecule has 0 radical (unpaired) electrons. The summed E-state index contributed by atoms with van der Waals surface area (Å²) >= 11 is 3.44. The van der Waals surface area contributed by atoms with Gasteiger partial charge in [0.15, 0.2) is 11.5 Å². The Bertz CT molecular complexity index is 437. The van der Waals surface area contributed by atoms with E-state index in [0.29, 0.717) is 5.75 Å². The van der Waals surface area contributed by atoms with Gasteiger partial charge in [-0.05, 0) is 51.9 Å². The van der Waals surface area contributed by atoms with Crippen LogP contribution in [-0.4, -0.2) is 11.9 Å². The van der Waals surface area contributed by atoms with Crippen LogP contribution in [0.1, 0.15) is 45.3 Å². The number of hydrogen-bond acceptors (Lipinski definition) is 3. The molecule has 0 saturated heterocycles. The fourth-order valence-corrected chi connectivity index (χ4v) is 2.49. The van der Waals surface area contributed by atoms with Gasteiger partial charge in [-0.15, -0.1) is 0 Å². The molecule has 100 valence electrons. The average Bonchev–Trinajstić information content (AvgIpc) is 2.73. The molecule has 1 atom stereocenters. The Morgan fingerprint density at radius 2 is 2.06 bits per heavy atom. The molecule has 1 heterocycles. The second kappa shape index (κ2) is 5.10. The maximum absolute atomic E-state index is 10.2. The number of aliphatic hydroxyl groups excluding tert-OH is 1. The van der Waals surface area contributed by atoms with Gasteiger partial charge in [0.2, 0.25) is 6.79 Å². The SMILES string of the molecule is CC(C)(C)CCC(O)c1cc(Br)c2c(c1)OCO2. The Morgan fingerprint density at radius 1 is 1.33 bits per heavy atom. The largest absolute Gasteiger partial charge is 0.454 e. The molecule has 1 aliphatic rings. The third-order valence-electron chi connectivity index (χ3n) is 3.00. The zero-order chi connectivity index (χ0) is 13.3. The van der Waals surface area contributed by atoms with Crippen molar-refractivity contribution in [3.05, 3.63) is 22.2 Å². The number of halogens is 1. The van der Waals surface area contributed by atoms with Crippen molar-refractivity contribution in [1.29, 1.82) is 0 Å². The van der Waals surface area contributed by atoms with Crippen LogP contribution >= 0.6 is 15.9 Å². The Labute approximate surface area is 116 Å². The van der Waals surface area contributed by atoms with Gasteiger partial charge >= 0.3 is 0 Å². The van der Waals surface area contributed by atoms with Crippen molar-refractivity contribution >= 4 is 15.9 Å². The third kappa shape index (κ3) is 3.18. The van der Waals surface area contributed by atoms with Gasteiger partial charge < -0.3 is 14.6 Å². The van der Waals surface area contributed by atoms with E-state index in [4.69, 9.17) is 9.47 Å². The molecule has 18 heavy (non-hydrogen) atoms. The summed E-state index contributed by atoms with van der Waals surface area (Å²) in [5.74, 6) is 1.43. The molecule has 1 N–H and O–H groups in total. The molecule has 4 heteroatoms. The van der Waals surface area contributed by atoms with E-state index in [1.165, 1.54) is 0 Å². The summed E-state index contributed by atoms with van der Waals surface area (Å²) in [4.78, 5) is 0. The smallest absolute Gasteiger partial charge is 0.231 e. The summed E-state index contributed by atoms with van der Waals surface area (Å²) in [6.45, 7) is 6.77. The lowest BCUT2D eigenvalue weighted by Crippen LogP contribution is -2.08. The van der Waals surface area contributed by atoms with Crippen molar-refractivity contribution in [2.45, 2.75) is 39.7 Å². The van der Waals surface area contributed by atoms with Crippen LogP contribution in [0.25, 0.3) is 0 Å². The normalized spacial score (nSPS) is 15.8. The molecule has 1 unspecified atom stereocenters. The van der Waals surface area contributed by atoms with E-state index in [9.17, 15) is 5.11 Å². The molecule has 1 aromatic carbocycles. The quantitative estimate of drug-likeness (QED) is 0.915. The van der Waals surface area contributed by atoms with Gasteiger partial charge in [-0.1, -0.05) is 20.8 Å². The van der Waals surface area contributed by atoms with E-state index in [1.54, 1.807) is 0 Å². The minimum absolute atomic E-state index is 0.231. The second-order valence-corrected chi connectivity index (χ2v) is 6.71. The van der Waals surface area contributed by atoms with Gasteiger partial charge in [0.05, 0.1) is 10.6 Å². The van der Waals surface area contributed by atoms with Crippen LogP contribution in [0, 0.1) is 5.41 Å². The van der Waals surface area contributed by atoms with Crippen LogP contribution in [0.2, 0.25) is 0 Å². The lowest BCUT2D eigenvalue weighted by atomic mass is 9.88. The number of fused-ring (bicyclic) bond motifs is 1. The summed E-state index contributed by atoms with van der Waals surface area (Å²) in [5, 5.41) is 10.2. The van der Waals surface area contributed by atoms with Crippen LogP contribution in [-0.2, 0) is 0 Å². The Balaban J connectivity index is 2.11. The van der Waals surface area contributed by atoms with Crippen molar-refractivity contribution in [2.24, 2.45) is 5.41 Å². The zero-order valence-corrected chi connectivity index (χ0v) is 12.6. The van der Waals surface area contributed by atoms with Crippen LogP contribution in [0.5, 0.6) is 11.5 Å². The molecule has 1 aliphatic heterocycles. The molecule has 0 aliphatic carbocycles. The standard InChI is InChI=1S/C14H19BrO3/c1-14(2,3)5-4-11(16)9-6-10(15)13-12(7-9)17-8-18-13/h6-7,11,16H,4-5,8H2,1-3H3. The van der Waals surface area contributed by atoms with E-state index in [-0.39, 0.29) is 12.2 Å². The van der Waals surface area contributed by atoms with Gasteiger partial charge in [-0.25, -0.2) is 0 Å². The van der Waals surface area contributed by atoms with Crippen molar-refractivity contribution in [1.82, 2.24) is 0 Å². The highest BCUT2D eigenvalue weighted by atomic mass is 79.9. The molecular weight excluding hydrogens is 296 g/mol. The van der Waals surface area contributed by atoms with Crippen molar-refractivity contribution < 1.29 is 14.6 Å². The highest BCUT2D eigenvalue weighted by molar-refractivity contribution is 9.10. The van der Waals surface area contributed by atoms with E-state index >= 15 is 0 Å². The minimum Gasteiger partial charge on any atom is -0.454 e. The Hall–Kier alpha value is -0.740. The first-order chi connectivity index (χ1) is 8.37. The maximum Gasteiger partial charge on any atom is 0.231 e. The summed E-state index contributed by atoms with van der Waals surface area (Å²) in [5.41, 5.74) is 1.10. The first-order valence-electron chi connectivity index (χ1n) is 6.14. The Kier molecular flexibility index (Phi) is 3.87. The van der Waals surface area contributed by atoms with Crippen LogP contribution in [0.3, 0.4) is 0 Å².